The van der Waals surface area contributed by atoms with Crippen LogP contribution in [0.15, 0.2) is 12.2 Å². The van der Waals surface area contributed by atoms with Gasteiger partial charge in [-0.25, -0.2) is 4.79 Å². The highest BCUT2D eigenvalue weighted by Gasteiger charge is 2.09. The number of aliphatic hydroxyl groups is 2. The number of ether oxygens (including phenoxy) is 1. The normalized spacial score (nSPS) is 12.7. The second-order valence-electron chi connectivity index (χ2n) is 2.72. The van der Waals surface area contributed by atoms with Crippen LogP contribution in [0.1, 0.15) is 13.8 Å². The summed E-state index contributed by atoms with van der Waals surface area (Å²) in [6.45, 7) is 6.48. The maximum absolute atomic E-state index is 10.9. The molecule has 0 saturated heterocycles. The number of hydrogen-bond acceptors (Lipinski definition) is 5. The Bertz CT molecular complexity index is 191. The molecule has 5 nitrogen and oxygen atoms in total. The molecule has 13 heavy (non-hydrogen) atoms. The van der Waals surface area contributed by atoms with E-state index >= 15 is 0 Å². The van der Waals surface area contributed by atoms with Crippen LogP contribution in [0, 0.1) is 0 Å². The van der Waals surface area contributed by atoms with Gasteiger partial charge in [0, 0.05) is 12.1 Å². The van der Waals surface area contributed by atoms with Crippen LogP contribution in [-0.2, 0) is 9.53 Å². The minimum atomic E-state index is -1.45. The number of nitrogens with one attached hydrogen (secondary N) is 1. The van der Waals surface area contributed by atoms with Crippen LogP contribution in [0.2, 0.25) is 0 Å². The molecule has 0 aliphatic carbocycles. The van der Waals surface area contributed by atoms with Gasteiger partial charge in [0.05, 0.1) is 0 Å². The van der Waals surface area contributed by atoms with Crippen LogP contribution >= 0.6 is 0 Å². The van der Waals surface area contributed by atoms with E-state index in [4.69, 9.17) is 14.9 Å². The third-order valence-corrected chi connectivity index (χ3v) is 1.22. The molecule has 1 unspecified atom stereocenters. The highest BCUT2D eigenvalue weighted by molar-refractivity contribution is 5.87. The van der Waals surface area contributed by atoms with E-state index in [1.54, 1.807) is 6.92 Å². The van der Waals surface area contributed by atoms with Gasteiger partial charge in [-0.05, 0) is 13.8 Å². The lowest BCUT2D eigenvalue weighted by Gasteiger charge is -2.15. The average molecular weight is 189 g/mol. The molecule has 0 rings (SSSR count). The van der Waals surface area contributed by atoms with E-state index < -0.39 is 18.5 Å². The van der Waals surface area contributed by atoms with Crippen molar-refractivity contribution < 1.29 is 19.7 Å². The molecule has 0 spiro atoms. The Morgan fingerprint density at radius 3 is 2.54 bits per heavy atom. The highest BCUT2D eigenvalue weighted by Crippen LogP contribution is 1.95. The van der Waals surface area contributed by atoms with E-state index in [1.807, 2.05) is 0 Å². The molecule has 1 atom stereocenters. The standard InChI is InChI=1S/C8H15NO4/c1-5(2)8(12)13-6(3)9-4-7(10)11/h6-7,9-11H,1,4H2,2-3H3. The topological polar surface area (TPSA) is 78.8 Å². The fourth-order valence-electron chi connectivity index (χ4n) is 0.574. The summed E-state index contributed by atoms with van der Waals surface area (Å²) in [7, 11) is 0. The fourth-order valence-corrected chi connectivity index (χ4v) is 0.574. The second-order valence-corrected chi connectivity index (χ2v) is 2.72. The van der Waals surface area contributed by atoms with Gasteiger partial charge in [0.2, 0.25) is 0 Å². The quantitative estimate of drug-likeness (QED) is 0.304. The Morgan fingerprint density at radius 1 is 1.62 bits per heavy atom. The molecule has 0 fully saturated rings. The first-order valence-corrected chi connectivity index (χ1v) is 3.89. The van der Waals surface area contributed by atoms with Crippen LogP contribution < -0.4 is 5.32 Å². The van der Waals surface area contributed by atoms with Crippen molar-refractivity contribution in [1.29, 1.82) is 0 Å². The molecule has 0 aromatic carbocycles. The van der Waals surface area contributed by atoms with Gasteiger partial charge in [-0.15, -0.1) is 0 Å². The van der Waals surface area contributed by atoms with Crippen LogP contribution in [0.25, 0.3) is 0 Å². The van der Waals surface area contributed by atoms with Gasteiger partial charge in [-0.2, -0.15) is 0 Å². The van der Waals surface area contributed by atoms with Crippen molar-refractivity contribution in [2.75, 3.05) is 6.54 Å². The largest absolute Gasteiger partial charge is 0.444 e. The molecular formula is C8H15NO4. The smallest absolute Gasteiger partial charge is 0.334 e. The molecular weight excluding hydrogens is 174 g/mol. The van der Waals surface area contributed by atoms with Crippen molar-refractivity contribution in [1.82, 2.24) is 5.32 Å². The van der Waals surface area contributed by atoms with Crippen molar-refractivity contribution in [2.45, 2.75) is 26.4 Å². The van der Waals surface area contributed by atoms with Gasteiger partial charge >= 0.3 is 5.97 Å². The van der Waals surface area contributed by atoms with Crippen LogP contribution in [0.4, 0.5) is 0 Å². The molecule has 0 aromatic heterocycles. The highest BCUT2D eigenvalue weighted by atomic mass is 16.6. The maximum atomic E-state index is 10.9. The van der Waals surface area contributed by atoms with Crippen LogP contribution in [0.5, 0.6) is 0 Å². The van der Waals surface area contributed by atoms with Crippen molar-refractivity contribution in [2.24, 2.45) is 0 Å². The van der Waals surface area contributed by atoms with Gasteiger partial charge in [-0.1, -0.05) is 6.58 Å². The molecule has 0 aliphatic heterocycles. The van der Waals surface area contributed by atoms with Crippen molar-refractivity contribution in [3.05, 3.63) is 12.2 Å². The van der Waals surface area contributed by atoms with E-state index in [0.717, 1.165) is 0 Å². The molecule has 0 bridgehead atoms. The monoisotopic (exact) mass is 189 g/mol. The molecule has 0 heterocycles. The van der Waals surface area contributed by atoms with Gasteiger partial charge in [-0.3, -0.25) is 5.32 Å². The second kappa shape index (κ2) is 5.69. The number of carbonyl (C=O) groups is 1. The zero-order chi connectivity index (χ0) is 10.4. The van der Waals surface area contributed by atoms with Crippen LogP contribution in [0.3, 0.4) is 0 Å². The lowest BCUT2D eigenvalue weighted by molar-refractivity contribution is -0.146. The summed E-state index contributed by atoms with van der Waals surface area (Å²) in [5, 5.41) is 19.5. The zero-order valence-corrected chi connectivity index (χ0v) is 7.78. The lowest BCUT2D eigenvalue weighted by atomic mass is 10.4. The van der Waals surface area contributed by atoms with Crippen molar-refractivity contribution in [3.63, 3.8) is 0 Å². The summed E-state index contributed by atoms with van der Waals surface area (Å²) in [6, 6.07) is 0. The summed E-state index contributed by atoms with van der Waals surface area (Å²) < 4.78 is 4.79. The minimum absolute atomic E-state index is 0.0510. The van der Waals surface area contributed by atoms with Crippen molar-refractivity contribution in [3.8, 4) is 0 Å². The lowest BCUT2D eigenvalue weighted by Crippen LogP contribution is -2.36. The zero-order valence-electron chi connectivity index (χ0n) is 7.78. The SMILES string of the molecule is C=C(C)C(=O)OC(C)NCC(O)O. The number of rotatable bonds is 5. The number of hydrogen-bond donors (Lipinski definition) is 3. The van der Waals surface area contributed by atoms with Crippen LogP contribution in [-0.4, -0.2) is 35.2 Å². The molecule has 0 radical (unpaired) electrons. The Labute approximate surface area is 77.0 Å². The van der Waals surface area contributed by atoms with E-state index in [0.29, 0.717) is 5.57 Å². The molecule has 0 amide bonds. The molecule has 0 aromatic rings. The van der Waals surface area contributed by atoms with E-state index in [9.17, 15) is 4.79 Å². The summed E-state index contributed by atoms with van der Waals surface area (Å²) in [5.74, 6) is -0.507. The number of carbonyl (C=O) groups excluding carboxylic acids is 1. The van der Waals surface area contributed by atoms with Crippen molar-refractivity contribution >= 4 is 5.97 Å². The van der Waals surface area contributed by atoms with Gasteiger partial charge in [0.1, 0.15) is 0 Å². The average Bonchev–Trinajstić information content (AvgIpc) is 2.00. The predicted octanol–water partition coefficient (Wildman–Crippen LogP) is -0.648. The van der Waals surface area contributed by atoms with Gasteiger partial charge in [0.25, 0.3) is 0 Å². The third-order valence-electron chi connectivity index (χ3n) is 1.22. The number of aliphatic hydroxyl groups excluding tert-OH is 1. The maximum Gasteiger partial charge on any atom is 0.334 e. The number of esters is 1. The first kappa shape index (κ1) is 12.1. The third kappa shape index (κ3) is 6.27. The Balaban J connectivity index is 3.68. The van der Waals surface area contributed by atoms with E-state index in [1.165, 1.54) is 6.92 Å². The molecule has 0 saturated carbocycles. The fraction of sp³-hybridized carbons (Fsp3) is 0.625. The summed E-state index contributed by atoms with van der Waals surface area (Å²) >= 11 is 0. The first-order valence-electron chi connectivity index (χ1n) is 3.89. The molecule has 0 aliphatic rings. The minimum Gasteiger partial charge on any atom is -0.444 e. The van der Waals surface area contributed by atoms with Gasteiger partial charge < -0.3 is 14.9 Å². The molecule has 5 heteroatoms. The molecule has 76 valence electrons. The Morgan fingerprint density at radius 2 is 2.15 bits per heavy atom. The van der Waals surface area contributed by atoms with E-state index in [2.05, 4.69) is 11.9 Å². The first-order chi connectivity index (χ1) is 5.93. The summed E-state index contributed by atoms with van der Waals surface area (Å²) in [4.78, 5) is 10.9. The predicted molar refractivity (Wildman–Crippen MR) is 46.6 cm³/mol. The molecule has 3 N–H and O–H groups in total. The van der Waals surface area contributed by atoms with E-state index in [-0.39, 0.29) is 6.54 Å². The summed E-state index contributed by atoms with van der Waals surface area (Å²) in [5.41, 5.74) is 0.304. The van der Waals surface area contributed by atoms with Gasteiger partial charge in [0.15, 0.2) is 12.5 Å². The Kier molecular flexibility index (Phi) is 5.29. The summed E-state index contributed by atoms with van der Waals surface area (Å²) in [6.07, 6.45) is -2.02. The Hall–Kier alpha value is -0.910.